The van der Waals surface area contributed by atoms with Crippen LogP contribution in [0.25, 0.3) is 16.7 Å². The van der Waals surface area contributed by atoms with Crippen LogP contribution in [0.4, 0.5) is 5.69 Å². The van der Waals surface area contributed by atoms with Crippen LogP contribution < -0.4 is 16.3 Å². The van der Waals surface area contributed by atoms with Crippen LogP contribution in [-0.4, -0.2) is 30.9 Å². The Bertz CT molecular complexity index is 1500. The van der Waals surface area contributed by atoms with Gasteiger partial charge in [0.15, 0.2) is 0 Å². The van der Waals surface area contributed by atoms with E-state index in [-0.39, 0.29) is 17.9 Å². The fourth-order valence-electron chi connectivity index (χ4n) is 3.88. The highest BCUT2D eigenvalue weighted by atomic mass is 127. The van der Waals surface area contributed by atoms with Gasteiger partial charge in [-0.1, -0.05) is 30.4 Å². The SMILES string of the molecule is NN(/N=C1/C=CC=CC1)c1cc(P)cc(Cc2cc(I)cc(-n3nc4ccccc4n3)c2O)c1O. The number of phenols is 2. The minimum absolute atomic E-state index is 0.00106. The second-order valence-corrected chi connectivity index (χ2v) is 9.97. The van der Waals surface area contributed by atoms with Gasteiger partial charge < -0.3 is 10.2 Å². The van der Waals surface area contributed by atoms with Crippen molar-refractivity contribution in [3.63, 3.8) is 0 Å². The highest BCUT2D eigenvalue weighted by Gasteiger charge is 2.19. The van der Waals surface area contributed by atoms with Gasteiger partial charge in [0.2, 0.25) is 0 Å². The molecule has 1 atom stereocenters. The van der Waals surface area contributed by atoms with E-state index in [1.807, 2.05) is 66.8 Å². The van der Waals surface area contributed by atoms with Crippen molar-refractivity contribution < 1.29 is 10.2 Å². The molecule has 5 rings (SSSR count). The van der Waals surface area contributed by atoms with Crippen LogP contribution in [0.2, 0.25) is 0 Å². The molecule has 0 radical (unpaired) electrons. The first-order chi connectivity index (χ1) is 16.9. The van der Waals surface area contributed by atoms with E-state index in [1.54, 1.807) is 6.07 Å². The van der Waals surface area contributed by atoms with E-state index >= 15 is 0 Å². The molecule has 1 aliphatic rings. The Morgan fingerprint density at radius 1 is 1.03 bits per heavy atom. The summed E-state index contributed by atoms with van der Waals surface area (Å²) in [6.45, 7) is 0. The molecule has 1 heterocycles. The molecular formula is C25H22IN6O2P. The summed E-state index contributed by atoms with van der Waals surface area (Å²) in [6, 6.07) is 14.8. The molecule has 4 N–H and O–H groups in total. The van der Waals surface area contributed by atoms with E-state index < -0.39 is 0 Å². The van der Waals surface area contributed by atoms with Gasteiger partial charge in [0.1, 0.15) is 33.9 Å². The van der Waals surface area contributed by atoms with Crippen molar-refractivity contribution in [1.29, 1.82) is 0 Å². The van der Waals surface area contributed by atoms with E-state index in [1.165, 1.54) is 9.91 Å². The van der Waals surface area contributed by atoms with Crippen molar-refractivity contribution in [3.05, 3.63) is 87.5 Å². The molecule has 1 unspecified atom stereocenters. The molecule has 0 spiro atoms. The van der Waals surface area contributed by atoms with E-state index in [0.717, 1.165) is 25.6 Å². The van der Waals surface area contributed by atoms with Crippen molar-refractivity contribution >= 4 is 59.6 Å². The number of hydrogen-bond donors (Lipinski definition) is 3. The van der Waals surface area contributed by atoms with Crippen molar-refractivity contribution in [3.8, 4) is 17.2 Å². The highest BCUT2D eigenvalue weighted by Crippen LogP contribution is 2.35. The number of benzene rings is 3. The summed E-state index contributed by atoms with van der Waals surface area (Å²) in [5.74, 6) is 6.24. The number of fused-ring (bicyclic) bond motifs is 1. The predicted octanol–water partition coefficient (Wildman–Crippen LogP) is 4.08. The smallest absolute Gasteiger partial charge is 0.146 e. The number of nitrogens with two attached hydrogens (primary N) is 1. The van der Waals surface area contributed by atoms with Crippen molar-refractivity contribution in [1.82, 2.24) is 15.0 Å². The Hall–Kier alpha value is -3.27. The van der Waals surface area contributed by atoms with Crippen molar-refractivity contribution in [2.75, 3.05) is 5.12 Å². The van der Waals surface area contributed by atoms with Gasteiger partial charge in [0.05, 0.1) is 5.71 Å². The van der Waals surface area contributed by atoms with Crippen LogP contribution >= 0.6 is 31.8 Å². The molecule has 1 aromatic heterocycles. The Morgan fingerprint density at radius 2 is 1.74 bits per heavy atom. The lowest BCUT2D eigenvalue weighted by molar-refractivity contribution is 0.458. The Balaban J connectivity index is 1.51. The normalized spacial score (nSPS) is 14.2. The van der Waals surface area contributed by atoms with Gasteiger partial charge in [-0.15, -0.1) is 24.2 Å². The minimum atomic E-state index is 0.00106. The summed E-state index contributed by atoms with van der Waals surface area (Å²) in [5.41, 5.74) is 4.31. The number of hydrazine groups is 1. The predicted molar refractivity (Wildman–Crippen MR) is 151 cm³/mol. The largest absolute Gasteiger partial charge is 0.505 e. The molecule has 0 saturated heterocycles. The summed E-state index contributed by atoms with van der Waals surface area (Å²) in [6.07, 6.45) is 8.63. The van der Waals surface area contributed by atoms with Crippen LogP contribution in [0.3, 0.4) is 0 Å². The summed E-state index contributed by atoms with van der Waals surface area (Å²) in [5, 5.41) is 37.6. The second-order valence-electron chi connectivity index (χ2n) is 8.06. The number of allylic oxidation sites excluding steroid dienone is 4. The third-order valence-electron chi connectivity index (χ3n) is 5.55. The lowest BCUT2D eigenvalue weighted by atomic mass is 10.0. The zero-order valence-corrected chi connectivity index (χ0v) is 21.8. The third kappa shape index (κ3) is 4.93. The summed E-state index contributed by atoms with van der Waals surface area (Å²) in [4.78, 5) is 1.44. The number of phenolic OH excluding ortho intramolecular Hbond substituents is 2. The molecule has 0 amide bonds. The van der Waals surface area contributed by atoms with Crippen LogP contribution in [0.1, 0.15) is 17.5 Å². The van der Waals surface area contributed by atoms with Gasteiger partial charge in [-0.2, -0.15) is 10.2 Å². The van der Waals surface area contributed by atoms with E-state index in [2.05, 4.69) is 47.1 Å². The first kappa shape index (κ1) is 23.5. The summed E-state index contributed by atoms with van der Waals surface area (Å²) in [7, 11) is 2.63. The number of hydrazone groups is 1. The lowest BCUT2D eigenvalue weighted by Crippen LogP contribution is -2.27. The van der Waals surface area contributed by atoms with Crippen LogP contribution in [-0.2, 0) is 6.42 Å². The first-order valence-electron chi connectivity index (χ1n) is 10.8. The van der Waals surface area contributed by atoms with Gasteiger partial charge in [-0.25, -0.2) is 5.84 Å². The number of anilines is 1. The number of aromatic nitrogens is 3. The van der Waals surface area contributed by atoms with Gasteiger partial charge in [0, 0.05) is 27.5 Å². The molecule has 8 nitrogen and oxygen atoms in total. The standard InChI is InChI=1S/C25H22IN6O2P/c26-17-11-15(25(34)23(13-17)32-29-20-8-4-5-9-21(20)30-32)10-16-12-19(35)14-22(24(16)33)31(27)28-18-6-2-1-3-7-18/h1-6,8-9,11-14,33-34H,7,10,27,35H2/b28-18-. The topological polar surface area (TPSA) is 113 Å². The van der Waals surface area contributed by atoms with Crippen LogP contribution in [0, 0.1) is 3.57 Å². The zero-order valence-electron chi connectivity index (χ0n) is 18.5. The molecule has 0 fully saturated rings. The Labute approximate surface area is 217 Å². The fraction of sp³-hybridized carbons (Fsp3) is 0.0800. The molecule has 0 saturated carbocycles. The average molecular weight is 596 g/mol. The lowest BCUT2D eigenvalue weighted by Gasteiger charge is -2.19. The number of hydrogen-bond acceptors (Lipinski definition) is 7. The van der Waals surface area contributed by atoms with Gasteiger partial charge >= 0.3 is 0 Å². The fourth-order valence-corrected chi connectivity index (χ4v) is 4.91. The molecule has 4 aromatic rings. The molecule has 176 valence electrons. The number of halogens is 1. The van der Waals surface area contributed by atoms with E-state index in [4.69, 9.17) is 5.84 Å². The summed E-state index contributed by atoms with van der Waals surface area (Å²) < 4.78 is 0.900. The molecule has 0 bridgehead atoms. The third-order valence-corrected chi connectivity index (χ3v) is 6.51. The summed E-state index contributed by atoms with van der Waals surface area (Å²) >= 11 is 2.19. The zero-order chi connectivity index (χ0) is 24.5. The monoisotopic (exact) mass is 596 g/mol. The quantitative estimate of drug-likeness (QED) is 0.139. The van der Waals surface area contributed by atoms with Crippen molar-refractivity contribution in [2.24, 2.45) is 10.9 Å². The maximum Gasteiger partial charge on any atom is 0.146 e. The van der Waals surface area contributed by atoms with E-state index in [9.17, 15) is 10.2 Å². The minimum Gasteiger partial charge on any atom is -0.505 e. The number of aromatic hydroxyl groups is 2. The van der Waals surface area contributed by atoms with Gasteiger partial charge in [-0.3, -0.25) is 0 Å². The molecule has 3 aromatic carbocycles. The maximum absolute atomic E-state index is 11.1. The second kappa shape index (κ2) is 9.77. The Kier molecular flexibility index (Phi) is 6.55. The molecular weight excluding hydrogens is 574 g/mol. The number of nitrogens with zero attached hydrogens (tertiary/aromatic N) is 5. The maximum atomic E-state index is 11.1. The first-order valence-corrected chi connectivity index (χ1v) is 12.5. The van der Waals surface area contributed by atoms with Crippen LogP contribution in [0.5, 0.6) is 11.5 Å². The van der Waals surface area contributed by atoms with Gasteiger partial charge in [-0.05, 0) is 70.4 Å². The van der Waals surface area contributed by atoms with Crippen LogP contribution in [0.15, 0.2) is 77.9 Å². The number of rotatable bonds is 5. The van der Waals surface area contributed by atoms with Crippen molar-refractivity contribution in [2.45, 2.75) is 12.8 Å². The van der Waals surface area contributed by atoms with E-state index in [0.29, 0.717) is 28.9 Å². The molecule has 1 aliphatic carbocycles. The van der Waals surface area contributed by atoms with Gasteiger partial charge in [0.25, 0.3) is 0 Å². The molecule has 0 aliphatic heterocycles. The Morgan fingerprint density at radius 3 is 2.43 bits per heavy atom. The molecule has 10 heteroatoms. The molecule has 35 heavy (non-hydrogen) atoms. The average Bonchev–Trinajstić information content (AvgIpc) is 3.28. The highest BCUT2D eigenvalue weighted by molar-refractivity contribution is 14.1.